The number of thiazole rings is 1. The van der Waals surface area contributed by atoms with Crippen LogP contribution in [0.1, 0.15) is 15.9 Å². The van der Waals surface area contributed by atoms with Gasteiger partial charge in [0.1, 0.15) is 6.29 Å². The number of anilines is 1. The van der Waals surface area contributed by atoms with Crippen LogP contribution < -0.4 is 4.90 Å². The lowest BCUT2D eigenvalue weighted by Crippen LogP contribution is -2.48. The molecular weight excluding hydrogens is 310 g/mol. The first-order valence-electron chi connectivity index (χ1n) is 7.27. The fourth-order valence-electron chi connectivity index (χ4n) is 2.37. The molecule has 23 heavy (non-hydrogen) atoms. The van der Waals surface area contributed by atoms with E-state index in [1.54, 1.807) is 46.7 Å². The van der Waals surface area contributed by atoms with Crippen molar-refractivity contribution in [2.24, 2.45) is 0 Å². The lowest BCUT2D eigenvalue weighted by atomic mass is 10.1. The molecule has 0 spiro atoms. The standard InChI is InChI=1S/C17H15N3O2S/c21-13-15-3-1-2-14(12-15)4-5-16(22)19-7-9-20(10-8-19)17-18-6-11-23-17/h1-3,6,11-13H,7-10H2. The van der Waals surface area contributed by atoms with Gasteiger partial charge in [-0.05, 0) is 12.1 Å². The molecule has 6 heteroatoms. The number of amides is 1. The molecule has 0 unspecified atom stereocenters. The molecule has 0 bridgehead atoms. The molecular formula is C17H15N3O2S. The molecule has 2 heterocycles. The smallest absolute Gasteiger partial charge is 0.298 e. The van der Waals surface area contributed by atoms with Crippen molar-refractivity contribution in [1.82, 2.24) is 9.88 Å². The Bertz CT molecular complexity index is 754. The van der Waals surface area contributed by atoms with E-state index in [4.69, 9.17) is 0 Å². The van der Waals surface area contributed by atoms with E-state index in [-0.39, 0.29) is 5.91 Å². The van der Waals surface area contributed by atoms with Gasteiger partial charge in [-0.3, -0.25) is 9.59 Å². The van der Waals surface area contributed by atoms with Crippen LogP contribution in [0.3, 0.4) is 0 Å². The van der Waals surface area contributed by atoms with E-state index < -0.39 is 0 Å². The van der Waals surface area contributed by atoms with Crippen molar-refractivity contribution in [2.75, 3.05) is 31.1 Å². The third-order valence-corrected chi connectivity index (χ3v) is 4.43. The number of hydrogen-bond donors (Lipinski definition) is 0. The van der Waals surface area contributed by atoms with Crippen molar-refractivity contribution in [3.63, 3.8) is 0 Å². The Labute approximate surface area is 138 Å². The summed E-state index contributed by atoms with van der Waals surface area (Å²) in [5.74, 6) is 5.31. The predicted molar refractivity (Wildman–Crippen MR) is 89.6 cm³/mol. The van der Waals surface area contributed by atoms with Crippen molar-refractivity contribution in [2.45, 2.75) is 0 Å². The molecule has 2 aromatic rings. The lowest BCUT2D eigenvalue weighted by Gasteiger charge is -2.33. The summed E-state index contributed by atoms with van der Waals surface area (Å²) in [6, 6.07) is 6.92. The maximum atomic E-state index is 12.2. The first-order chi connectivity index (χ1) is 11.3. The second-order valence-corrected chi connectivity index (χ2v) is 5.96. The number of carbonyl (C=O) groups excluding carboxylic acids is 2. The number of rotatable bonds is 2. The average molecular weight is 325 g/mol. The summed E-state index contributed by atoms with van der Waals surface area (Å²) in [7, 11) is 0. The number of aromatic nitrogens is 1. The molecule has 1 aromatic carbocycles. The summed E-state index contributed by atoms with van der Waals surface area (Å²) in [6.45, 7) is 2.81. The van der Waals surface area contributed by atoms with Gasteiger partial charge in [-0.15, -0.1) is 11.3 Å². The molecule has 3 rings (SSSR count). The van der Waals surface area contributed by atoms with E-state index in [1.807, 2.05) is 5.38 Å². The second kappa shape index (κ2) is 7.07. The maximum Gasteiger partial charge on any atom is 0.298 e. The van der Waals surface area contributed by atoms with Crippen LogP contribution in [0.4, 0.5) is 5.13 Å². The average Bonchev–Trinajstić information content (AvgIpc) is 3.14. The Morgan fingerprint density at radius 3 is 2.78 bits per heavy atom. The van der Waals surface area contributed by atoms with Crippen LogP contribution in [0.25, 0.3) is 0 Å². The molecule has 1 aromatic heterocycles. The highest BCUT2D eigenvalue weighted by Crippen LogP contribution is 2.18. The molecule has 1 amide bonds. The summed E-state index contributed by atoms with van der Waals surface area (Å²) in [4.78, 5) is 31.1. The maximum absolute atomic E-state index is 12.2. The monoisotopic (exact) mass is 325 g/mol. The second-order valence-electron chi connectivity index (χ2n) is 5.09. The summed E-state index contributed by atoms with van der Waals surface area (Å²) in [6.07, 6.45) is 2.56. The largest absolute Gasteiger partial charge is 0.345 e. The van der Waals surface area contributed by atoms with Crippen LogP contribution in [0, 0.1) is 11.8 Å². The van der Waals surface area contributed by atoms with Gasteiger partial charge in [0, 0.05) is 54.8 Å². The van der Waals surface area contributed by atoms with E-state index in [1.165, 1.54) is 0 Å². The first-order valence-corrected chi connectivity index (χ1v) is 8.15. The van der Waals surface area contributed by atoms with Gasteiger partial charge in [0.15, 0.2) is 5.13 Å². The Morgan fingerprint density at radius 2 is 2.09 bits per heavy atom. The van der Waals surface area contributed by atoms with Crippen LogP contribution in [-0.4, -0.2) is 48.3 Å². The van der Waals surface area contributed by atoms with Crippen molar-refractivity contribution >= 4 is 28.7 Å². The van der Waals surface area contributed by atoms with Crippen LogP contribution >= 0.6 is 11.3 Å². The number of benzene rings is 1. The van der Waals surface area contributed by atoms with E-state index in [0.29, 0.717) is 24.2 Å². The number of hydrogen-bond acceptors (Lipinski definition) is 5. The van der Waals surface area contributed by atoms with Gasteiger partial charge in [0.05, 0.1) is 0 Å². The molecule has 0 saturated carbocycles. The van der Waals surface area contributed by atoms with Gasteiger partial charge in [-0.2, -0.15) is 0 Å². The molecule has 1 saturated heterocycles. The van der Waals surface area contributed by atoms with Gasteiger partial charge in [-0.25, -0.2) is 4.98 Å². The highest BCUT2D eigenvalue weighted by molar-refractivity contribution is 7.13. The highest BCUT2D eigenvalue weighted by atomic mass is 32.1. The summed E-state index contributed by atoms with van der Waals surface area (Å²) < 4.78 is 0. The molecule has 1 aliphatic heterocycles. The minimum atomic E-state index is -0.180. The van der Waals surface area contributed by atoms with Gasteiger partial charge in [0.25, 0.3) is 5.91 Å². The zero-order valence-electron chi connectivity index (χ0n) is 12.4. The van der Waals surface area contributed by atoms with Crippen molar-refractivity contribution < 1.29 is 9.59 Å². The van der Waals surface area contributed by atoms with Crippen molar-refractivity contribution in [1.29, 1.82) is 0 Å². The van der Waals surface area contributed by atoms with E-state index in [2.05, 4.69) is 21.7 Å². The molecule has 0 N–H and O–H groups in total. The fraction of sp³-hybridized carbons (Fsp3) is 0.235. The molecule has 1 fully saturated rings. The normalized spacial score (nSPS) is 14.1. The third kappa shape index (κ3) is 3.76. The minimum absolute atomic E-state index is 0.180. The van der Waals surface area contributed by atoms with E-state index in [9.17, 15) is 9.59 Å². The van der Waals surface area contributed by atoms with Crippen LogP contribution in [0.15, 0.2) is 35.8 Å². The zero-order chi connectivity index (χ0) is 16.1. The molecule has 5 nitrogen and oxygen atoms in total. The first kappa shape index (κ1) is 15.3. The van der Waals surface area contributed by atoms with Gasteiger partial charge >= 0.3 is 0 Å². The number of piperazine rings is 1. The summed E-state index contributed by atoms with van der Waals surface area (Å²) in [5, 5.41) is 2.94. The number of carbonyl (C=O) groups is 2. The quantitative estimate of drug-likeness (QED) is 0.622. The molecule has 1 aliphatic rings. The zero-order valence-corrected chi connectivity index (χ0v) is 13.3. The van der Waals surface area contributed by atoms with E-state index in [0.717, 1.165) is 24.5 Å². The summed E-state index contributed by atoms with van der Waals surface area (Å²) in [5.41, 5.74) is 1.23. The number of aldehydes is 1. The minimum Gasteiger partial charge on any atom is -0.345 e. The Balaban J connectivity index is 1.60. The third-order valence-electron chi connectivity index (χ3n) is 3.59. The van der Waals surface area contributed by atoms with Gasteiger partial charge in [-0.1, -0.05) is 18.1 Å². The van der Waals surface area contributed by atoms with Crippen molar-refractivity contribution in [3.05, 3.63) is 47.0 Å². The van der Waals surface area contributed by atoms with Crippen molar-refractivity contribution in [3.8, 4) is 11.8 Å². The molecule has 116 valence electrons. The lowest BCUT2D eigenvalue weighted by molar-refractivity contribution is -0.125. The predicted octanol–water partition coefficient (Wildman–Crippen LogP) is 1.66. The molecule has 0 atom stereocenters. The molecule has 0 aliphatic carbocycles. The van der Waals surface area contributed by atoms with Crippen LogP contribution in [0.2, 0.25) is 0 Å². The SMILES string of the molecule is O=Cc1cccc(C#CC(=O)N2CCN(c3nccs3)CC2)c1. The van der Waals surface area contributed by atoms with E-state index >= 15 is 0 Å². The Morgan fingerprint density at radius 1 is 1.26 bits per heavy atom. The topological polar surface area (TPSA) is 53.5 Å². The van der Waals surface area contributed by atoms with Gasteiger partial charge < -0.3 is 9.80 Å². The Hall–Kier alpha value is -2.65. The Kier molecular flexibility index (Phi) is 4.69. The van der Waals surface area contributed by atoms with Crippen LogP contribution in [-0.2, 0) is 4.79 Å². The molecule has 0 radical (unpaired) electrons. The summed E-state index contributed by atoms with van der Waals surface area (Å²) >= 11 is 1.60. The van der Waals surface area contributed by atoms with Gasteiger partial charge in [0.2, 0.25) is 0 Å². The fourth-order valence-corrected chi connectivity index (χ4v) is 3.06. The highest BCUT2D eigenvalue weighted by Gasteiger charge is 2.21. The number of nitrogens with zero attached hydrogens (tertiary/aromatic N) is 3. The van der Waals surface area contributed by atoms with Crippen LogP contribution in [0.5, 0.6) is 0 Å².